The molecule has 0 atom stereocenters. The SMILES string of the molecule is Cc1nnnn1-c1cccc(N=C(N)CCl)c1. The molecule has 2 rings (SSSR count). The summed E-state index contributed by atoms with van der Waals surface area (Å²) in [5.74, 6) is 1.28. The number of aliphatic imine (C=N–C) groups is 1. The third-order valence-electron chi connectivity index (χ3n) is 2.11. The number of halogens is 1. The Kier molecular flexibility index (Phi) is 3.34. The zero-order valence-electron chi connectivity index (χ0n) is 9.21. The van der Waals surface area contributed by atoms with Gasteiger partial charge in [0.15, 0.2) is 5.82 Å². The fourth-order valence-corrected chi connectivity index (χ4v) is 1.42. The lowest BCUT2D eigenvalue weighted by atomic mass is 10.3. The second kappa shape index (κ2) is 4.92. The number of hydrogen-bond acceptors (Lipinski definition) is 4. The number of aromatic nitrogens is 4. The molecule has 0 amide bonds. The first-order valence-corrected chi connectivity index (χ1v) is 5.48. The summed E-state index contributed by atoms with van der Waals surface area (Å²) in [5, 5.41) is 11.3. The normalized spacial score (nSPS) is 11.8. The third kappa shape index (κ3) is 2.59. The predicted octanol–water partition coefficient (Wildman–Crippen LogP) is 1.20. The lowest BCUT2D eigenvalue weighted by molar-refractivity contribution is 0.779. The van der Waals surface area contributed by atoms with Gasteiger partial charge >= 0.3 is 0 Å². The predicted molar refractivity (Wildman–Crippen MR) is 65.9 cm³/mol. The van der Waals surface area contributed by atoms with E-state index in [9.17, 15) is 0 Å². The summed E-state index contributed by atoms with van der Waals surface area (Å²) < 4.78 is 1.62. The van der Waals surface area contributed by atoms with Gasteiger partial charge in [-0.3, -0.25) is 0 Å². The van der Waals surface area contributed by atoms with Gasteiger partial charge in [0.1, 0.15) is 5.84 Å². The number of benzene rings is 1. The van der Waals surface area contributed by atoms with Gasteiger partial charge in [-0.25, -0.2) is 4.99 Å². The van der Waals surface area contributed by atoms with Crippen LogP contribution in [0.5, 0.6) is 0 Å². The summed E-state index contributed by atoms with van der Waals surface area (Å²) in [5.41, 5.74) is 7.12. The molecule has 0 aliphatic carbocycles. The second-order valence-electron chi connectivity index (χ2n) is 3.39. The highest BCUT2D eigenvalue weighted by Gasteiger charge is 2.03. The van der Waals surface area contributed by atoms with E-state index in [0.29, 0.717) is 11.7 Å². The lowest BCUT2D eigenvalue weighted by Gasteiger charge is -2.02. The molecule has 7 heteroatoms. The molecule has 0 saturated carbocycles. The van der Waals surface area contributed by atoms with Crippen molar-refractivity contribution in [3.8, 4) is 5.69 Å². The van der Waals surface area contributed by atoms with Crippen LogP contribution in [0.3, 0.4) is 0 Å². The highest BCUT2D eigenvalue weighted by atomic mass is 35.5. The molecule has 0 fully saturated rings. The van der Waals surface area contributed by atoms with Crippen LogP contribution in [0.2, 0.25) is 0 Å². The fourth-order valence-electron chi connectivity index (χ4n) is 1.36. The Bertz CT molecular complexity index is 547. The Hall–Kier alpha value is -1.95. The van der Waals surface area contributed by atoms with E-state index in [2.05, 4.69) is 20.5 Å². The van der Waals surface area contributed by atoms with Crippen LogP contribution in [-0.2, 0) is 0 Å². The topological polar surface area (TPSA) is 82.0 Å². The average Bonchev–Trinajstić information content (AvgIpc) is 2.75. The molecule has 0 unspecified atom stereocenters. The summed E-state index contributed by atoms with van der Waals surface area (Å²) in [4.78, 5) is 4.16. The van der Waals surface area contributed by atoms with Crippen molar-refractivity contribution in [3.63, 3.8) is 0 Å². The average molecular weight is 251 g/mol. The number of aryl methyl sites for hydroxylation is 1. The van der Waals surface area contributed by atoms with E-state index < -0.39 is 0 Å². The molecular formula is C10H11ClN6. The van der Waals surface area contributed by atoms with Crippen molar-refractivity contribution < 1.29 is 0 Å². The maximum Gasteiger partial charge on any atom is 0.153 e. The van der Waals surface area contributed by atoms with E-state index in [0.717, 1.165) is 11.4 Å². The van der Waals surface area contributed by atoms with Crippen LogP contribution < -0.4 is 5.73 Å². The van der Waals surface area contributed by atoms with Gasteiger partial charge in [0.25, 0.3) is 0 Å². The molecule has 17 heavy (non-hydrogen) atoms. The highest BCUT2D eigenvalue weighted by Crippen LogP contribution is 2.17. The van der Waals surface area contributed by atoms with Gasteiger partial charge in [-0.2, -0.15) is 4.68 Å². The molecule has 1 aromatic heterocycles. The van der Waals surface area contributed by atoms with E-state index >= 15 is 0 Å². The molecule has 1 aromatic carbocycles. The zero-order valence-corrected chi connectivity index (χ0v) is 9.96. The standard InChI is InChI=1S/C10H11ClN6/c1-7-14-15-16-17(7)9-4-2-3-8(5-9)13-10(12)6-11/h2-5H,6H2,1H3,(H2,12,13). The van der Waals surface area contributed by atoms with Crippen LogP contribution in [0.15, 0.2) is 29.3 Å². The minimum Gasteiger partial charge on any atom is -0.386 e. The van der Waals surface area contributed by atoms with Gasteiger partial charge < -0.3 is 5.73 Å². The molecule has 0 aliphatic rings. The Morgan fingerprint density at radius 3 is 3.00 bits per heavy atom. The number of tetrazole rings is 1. The van der Waals surface area contributed by atoms with Gasteiger partial charge in [0, 0.05) is 0 Å². The molecule has 2 aromatic rings. The second-order valence-corrected chi connectivity index (χ2v) is 3.66. The number of hydrogen-bond donors (Lipinski definition) is 1. The minimum atomic E-state index is 0.203. The highest BCUT2D eigenvalue weighted by molar-refractivity contribution is 6.28. The number of nitrogens with zero attached hydrogens (tertiary/aromatic N) is 5. The van der Waals surface area contributed by atoms with Crippen molar-refractivity contribution in [3.05, 3.63) is 30.1 Å². The summed E-state index contributed by atoms with van der Waals surface area (Å²) in [7, 11) is 0. The van der Waals surface area contributed by atoms with E-state index in [1.54, 1.807) is 4.68 Å². The molecule has 1 heterocycles. The van der Waals surface area contributed by atoms with Gasteiger partial charge in [0.2, 0.25) is 0 Å². The van der Waals surface area contributed by atoms with Gasteiger partial charge in [0.05, 0.1) is 17.3 Å². The Morgan fingerprint density at radius 1 is 1.53 bits per heavy atom. The van der Waals surface area contributed by atoms with E-state index in [4.69, 9.17) is 17.3 Å². The number of amidine groups is 1. The third-order valence-corrected chi connectivity index (χ3v) is 2.38. The maximum absolute atomic E-state index is 5.57. The number of nitrogens with two attached hydrogens (primary N) is 1. The summed E-state index contributed by atoms with van der Waals surface area (Å²) in [6, 6.07) is 7.42. The largest absolute Gasteiger partial charge is 0.386 e. The maximum atomic E-state index is 5.57. The van der Waals surface area contributed by atoms with Gasteiger partial charge in [-0.05, 0) is 35.5 Å². The van der Waals surface area contributed by atoms with Crippen LogP contribution in [0.25, 0.3) is 5.69 Å². The first kappa shape index (κ1) is 11.5. The number of alkyl halides is 1. The smallest absolute Gasteiger partial charge is 0.153 e. The summed E-state index contributed by atoms with van der Waals surface area (Å²) in [6.45, 7) is 1.82. The molecular weight excluding hydrogens is 240 g/mol. The summed E-state index contributed by atoms with van der Waals surface area (Å²) >= 11 is 5.57. The molecule has 88 valence electrons. The fraction of sp³-hybridized carbons (Fsp3) is 0.200. The Balaban J connectivity index is 2.39. The molecule has 0 radical (unpaired) electrons. The van der Waals surface area contributed by atoms with Crippen LogP contribution >= 0.6 is 11.6 Å². The Morgan fingerprint density at radius 2 is 2.35 bits per heavy atom. The monoisotopic (exact) mass is 250 g/mol. The number of rotatable bonds is 3. The van der Waals surface area contributed by atoms with Crippen molar-refractivity contribution in [2.24, 2.45) is 10.7 Å². The van der Waals surface area contributed by atoms with Crippen molar-refractivity contribution in [2.75, 3.05) is 5.88 Å². The lowest BCUT2D eigenvalue weighted by Crippen LogP contribution is -2.12. The van der Waals surface area contributed by atoms with Crippen molar-refractivity contribution in [1.29, 1.82) is 0 Å². The van der Waals surface area contributed by atoms with E-state index in [1.165, 1.54) is 0 Å². The van der Waals surface area contributed by atoms with Gasteiger partial charge in [-0.15, -0.1) is 16.7 Å². The molecule has 6 nitrogen and oxygen atoms in total. The van der Waals surface area contributed by atoms with Gasteiger partial charge in [-0.1, -0.05) is 6.07 Å². The van der Waals surface area contributed by atoms with Crippen LogP contribution in [0, 0.1) is 6.92 Å². The molecule has 0 spiro atoms. The quantitative estimate of drug-likeness (QED) is 0.504. The van der Waals surface area contributed by atoms with Crippen LogP contribution in [-0.4, -0.2) is 31.9 Å². The molecule has 0 saturated heterocycles. The first-order valence-electron chi connectivity index (χ1n) is 4.95. The van der Waals surface area contributed by atoms with Crippen molar-refractivity contribution >= 4 is 23.1 Å². The van der Waals surface area contributed by atoms with Crippen LogP contribution in [0.1, 0.15) is 5.82 Å². The first-order chi connectivity index (χ1) is 8.20. The van der Waals surface area contributed by atoms with Crippen molar-refractivity contribution in [2.45, 2.75) is 6.92 Å². The minimum absolute atomic E-state index is 0.203. The van der Waals surface area contributed by atoms with E-state index in [1.807, 2.05) is 31.2 Å². The van der Waals surface area contributed by atoms with Crippen molar-refractivity contribution in [1.82, 2.24) is 20.2 Å². The molecule has 0 aliphatic heterocycles. The van der Waals surface area contributed by atoms with Crippen LogP contribution in [0.4, 0.5) is 5.69 Å². The zero-order chi connectivity index (χ0) is 12.3. The summed E-state index contributed by atoms with van der Waals surface area (Å²) in [6.07, 6.45) is 0. The molecule has 0 bridgehead atoms. The van der Waals surface area contributed by atoms with E-state index in [-0.39, 0.29) is 5.88 Å². The molecule has 2 N–H and O–H groups in total. The Labute approximate surface area is 103 Å².